The molecule has 0 spiro atoms. The predicted molar refractivity (Wildman–Crippen MR) is 57.8 cm³/mol. The molecule has 5 nitrogen and oxygen atoms in total. The molecule has 0 aromatic carbocycles. The number of rotatable bonds is 4. The first-order valence-electron chi connectivity index (χ1n) is 5.48. The quantitative estimate of drug-likeness (QED) is 0.656. The maximum absolute atomic E-state index is 11.9. The zero-order valence-electron chi connectivity index (χ0n) is 10.1. The van der Waals surface area contributed by atoms with Crippen LogP contribution in [-0.2, 0) is 19.1 Å². The summed E-state index contributed by atoms with van der Waals surface area (Å²) in [6, 6.07) is 0. The van der Waals surface area contributed by atoms with Crippen LogP contribution in [0.15, 0.2) is 0 Å². The monoisotopic (exact) mass is 229 g/mol. The Morgan fingerprint density at radius 1 is 1.50 bits per heavy atom. The van der Waals surface area contributed by atoms with E-state index >= 15 is 0 Å². The number of hydrogen-bond acceptors (Lipinski definition) is 4. The van der Waals surface area contributed by atoms with Gasteiger partial charge in [-0.1, -0.05) is 0 Å². The second-order valence-electron chi connectivity index (χ2n) is 4.16. The normalized spacial score (nSPS) is 24.2. The van der Waals surface area contributed by atoms with Gasteiger partial charge in [-0.2, -0.15) is 0 Å². The first-order valence-corrected chi connectivity index (χ1v) is 5.48. The van der Waals surface area contributed by atoms with E-state index in [2.05, 4.69) is 4.74 Å². The average molecular weight is 229 g/mol. The van der Waals surface area contributed by atoms with E-state index in [1.807, 2.05) is 6.92 Å². The molecule has 1 saturated heterocycles. The van der Waals surface area contributed by atoms with Gasteiger partial charge in [-0.05, 0) is 13.3 Å². The van der Waals surface area contributed by atoms with Gasteiger partial charge in [0, 0.05) is 13.6 Å². The van der Waals surface area contributed by atoms with Crippen molar-refractivity contribution in [3.63, 3.8) is 0 Å². The standard InChI is InChI=1S/C11H19NO4/c1-8-6-9(7-16-8)11(14)12(2)5-4-10(13)15-3/h8-9H,4-7H2,1-3H3. The molecule has 0 N–H and O–H groups in total. The molecule has 0 bridgehead atoms. The third-order valence-electron chi connectivity index (χ3n) is 2.80. The van der Waals surface area contributed by atoms with E-state index < -0.39 is 0 Å². The Kier molecular flexibility index (Phi) is 4.73. The fourth-order valence-corrected chi connectivity index (χ4v) is 1.77. The van der Waals surface area contributed by atoms with Gasteiger partial charge in [0.2, 0.25) is 5.91 Å². The van der Waals surface area contributed by atoms with Crippen LogP contribution in [0.25, 0.3) is 0 Å². The van der Waals surface area contributed by atoms with Crippen LogP contribution in [0.1, 0.15) is 19.8 Å². The van der Waals surface area contributed by atoms with E-state index in [1.54, 1.807) is 11.9 Å². The summed E-state index contributed by atoms with van der Waals surface area (Å²) in [4.78, 5) is 24.4. The van der Waals surface area contributed by atoms with Gasteiger partial charge in [-0.3, -0.25) is 9.59 Å². The van der Waals surface area contributed by atoms with Crippen molar-refractivity contribution >= 4 is 11.9 Å². The Bertz CT molecular complexity index is 267. The highest BCUT2D eigenvalue weighted by molar-refractivity contribution is 5.79. The average Bonchev–Trinajstić information content (AvgIpc) is 2.71. The first kappa shape index (κ1) is 13.0. The molecule has 1 fully saturated rings. The molecule has 1 rings (SSSR count). The number of ether oxygens (including phenoxy) is 2. The van der Waals surface area contributed by atoms with Crippen LogP contribution < -0.4 is 0 Å². The number of carbonyl (C=O) groups is 2. The highest BCUT2D eigenvalue weighted by Gasteiger charge is 2.30. The summed E-state index contributed by atoms with van der Waals surface area (Å²) in [5.41, 5.74) is 0. The number of hydrogen-bond donors (Lipinski definition) is 0. The van der Waals surface area contributed by atoms with Gasteiger partial charge in [0.05, 0.1) is 32.2 Å². The molecule has 2 unspecified atom stereocenters. The van der Waals surface area contributed by atoms with Crippen molar-refractivity contribution < 1.29 is 19.1 Å². The molecule has 5 heteroatoms. The van der Waals surface area contributed by atoms with Crippen LogP contribution in [0.5, 0.6) is 0 Å². The third kappa shape index (κ3) is 3.48. The van der Waals surface area contributed by atoms with Crippen molar-refractivity contribution in [3.8, 4) is 0 Å². The van der Waals surface area contributed by atoms with Crippen LogP contribution in [-0.4, -0.2) is 50.2 Å². The molecule has 0 radical (unpaired) electrons. The Labute approximate surface area is 95.7 Å². The van der Waals surface area contributed by atoms with Crippen LogP contribution in [0.3, 0.4) is 0 Å². The second-order valence-corrected chi connectivity index (χ2v) is 4.16. The van der Waals surface area contributed by atoms with Crippen molar-refractivity contribution in [1.82, 2.24) is 4.90 Å². The van der Waals surface area contributed by atoms with E-state index in [0.717, 1.165) is 6.42 Å². The van der Waals surface area contributed by atoms with Crippen LogP contribution >= 0.6 is 0 Å². The Balaban J connectivity index is 2.33. The van der Waals surface area contributed by atoms with E-state index in [1.165, 1.54) is 7.11 Å². The summed E-state index contributed by atoms with van der Waals surface area (Å²) in [6.07, 6.45) is 1.16. The molecule has 16 heavy (non-hydrogen) atoms. The molecule has 92 valence electrons. The minimum absolute atomic E-state index is 0.0493. The van der Waals surface area contributed by atoms with Crippen LogP contribution in [0.2, 0.25) is 0 Å². The Morgan fingerprint density at radius 2 is 2.19 bits per heavy atom. The lowest BCUT2D eigenvalue weighted by molar-refractivity contribution is -0.142. The minimum Gasteiger partial charge on any atom is -0.469 e. The fraction of sp³-hybridized carbons (Fsp3) is 0.818. The summed E-state index contributed by atoms with van der Waals surface area (Å²) in [7, 11) is 3.05. The van der Waals surface area contributed by atoms with Crippen molar-refractivity contribution in [2.45, 2.75) is 25.9 Å². The number of esters is 1. The summed E-state index contributed by atoms with van der Waals surface area (Å²) >= 11 is 0. The molecule has 1 amide bonds. The number of methoxy groups -OCH3 is 1. The van der Waals surface area contributed by atoms with Gasteiger partial charge in [0.15, 0.2) is 0 Å². The van der Waals surface area contributed by atoms with Gasteiger partial charge in [0.25, 0.3) is 0 Å². The smallest absolute Gasteiger partial charge is 0.307 e. The van der Waals surface area contributed by atoms with E-state index in [4.69, 9.17) is 4.74 Å². The summed E-state index contributed by atoms with van der Waals surface area (Å²) in [6.45, 7) is 2.85. The molecular formula is C11H19NO4. The molecule has 0 saturated carbocycles. The van der Waals surface area contributed by atoms with Gasteiger partial charge in [-0.15, -0.1) is 0 Å². The SMILES string of the molecule is COC(=O)CCN(C)C(=O)C1COC(C)C1. The van der Waals surface area contributed by atoms with Crippen LogP contribution in [0.4, 0.5) is 0 Å². The number of nitrogens with zero attached hydrogens (tertiary/aromatic N) is 1. The van der Waals surface area contributed by atoms with Gasteiger partial charge in [-0.25, -0.2) is 0 Å². The molecular weight excluding hydrogens is 210 g/mol. The van der Waals surface area contributed by atoms with Gasteiger partial charge in [0.1, 0.15) is 0 Å². The van der Waals surface area contributed by atoms with Crippen molar-refractivity contribution in [2.75, 3.05) is 27.3 Å². The Hall–Kier alpha value is -1.10. The van der Waals surface area contributed by atoms with Crippen molar-refractivity contribution in [2.24, 2.45) is 5.92 Å². The maximum atomic E-state index is 11.9. The van der Waals surface area contributed by atoms with Crippen molar-refractivity contribution in [3.05, 3.63) is 0 Å². The van der Waals surface area contributed by atoms with E-state index in [9.17, 15) is 9.59 Å². The predicted octanol–water partition coefficient (Wildman–Crippen LogP) is 0.433. The number of amides is 1. The molecule has 0 aromatic rings. The molecule has 1 aliphatic heterocycles. The second kappa shape index (κ2) is 5.84. The van der Waals surface area contributed by atoms with Gasteiger partial charge < -0.3 is 14.4 Å². The topological polar surface area (TPSA) is 55.8 Å². The van der Waals surface area contributed by atoms with Crippen LogP contribution in [0, 0.1) is 5.92 Å². The first-order chi connectivity index (χ1) is 7.54. The molecule has 0 aliphatic carbocycles. The minimum atomic E-state index is -0.296. The summed E-state index contributed by atoms with van der Waals surface area (Å²) in [5.74, 6) is -0.304. The zero-order valence-corrected chi connectivity index (χ0v) is 10.1. The highest BCUT2D eigenvalue weighted by Crippen LogP contribution is 2.20. The number of carbonyl (C=O) groups excluding carboxylic acids is 2. The summed E-state index contributed by atoms with van der Waals surface area (Å²) < 4.78 is 9.87. The largest absolute Gasteiger partial charge is 0.469 e. The molecule has 1 heterocycles. The lowest BCUT2D eigenvalue weighted by Crippen LogP contribution is -2.34. The fourth-order valence-electron chi connectivity index (χ4n) is 1.77. The van der Waals surface area contributed by atoms with E-state index in [0.29, 0.717) is 13.2 Å². The molecule has 0 aromatic heterocycles. The zero-order chi connectivity index (χ0) is 12.1. The van der Waals surface area contributed by atoms with Crippen molar-refractivity contribution in [1.29, 1.82) is 0 Å². The van der Waals surface area contributed by atoms with E-state index in [-0.39, 0.29) is 30.3 Å². The molecule has 1 aliphatic rings. The lowest BCUT2D eigenvalue weighted by Gasteiger charge is -2.19. The Morgan fingerprint density at radius 3 is 2.69 bits per heavy atom. The maximum Gasteiger partial charge on any atom is 0.307 e. The summed E-state index contributed by atoms with van der Waals surface area (Å²) in [5, 5.41) is 0. The third-order valence-corrected chi connectivity index (χ3v) is 2.80. The highest BCUT2D eigenvalue weighted by atomic mass is 16.5. The van der Waals surface area contributed by atoms with Gasteiger partial charge >= 0.3 is 5.97 Å². The molecule has 2 atom stereocenters. The lowest BCUT2D eigenvalue weighted by atomic mass is 10.1.